The van der Waals surface area contributed by atoms with Gasteiger partial charge in [0.05, 0.1) is 54.9 Å². The summed E-state index contributed by atoms with van der Waals surface area (Å²) in [6.45, 7) is 13.5. The van der Waals surface area contributed by atoms with Crippen molar-refractivity contribution in [1.29, 1.82) is 0 Å². The van der Waals surface area contributed by atoms with Gasteiger partial charge >= 0.3 is 17.9 Å². The molecule has 0 aromatic carbocycles. The number of halogens is 3. The zero-order chi connectivity index (χ0) is 66.6. The molecular weight excluding hydrogens is 1220 g/mol. The highest BCUT2D eigenvalue weighted by molar-refractivity contribution is 6.21. The smallest absolute Gasteiger partial charge is 0.306 e. The van der Waals surface area contributed by atoms with Gasteiger partial charge in [-0.2, -0.15) is 0 Å². The first-order valence-corrected chi connectivity index (χ1v) is 34.8. The predicted molar refractivity (Wildman–Crippen MR) is 359 cm³/mol. The molecule has 1 aliphatic heterocycles. The van der Waals surface area contributed by atoms with Crippen LogP contribution in [0.2, 0.25) is 0 Å². The number of aliphatic hydroxyl groups excluding tert-OH is 8. The molecule has 0 radical (unpaired) electrons. The van der Waals surface area contributed by atoms with Gasteiger partial charge in [-0.25, -0.2) is 0 Å². The molecule has 0 amide bonds. The van der Waals surface area contributed by atoms with Crippen LogP contribution in [-0.2, 0) is 33.3 Å². The Labute approximate surface area is 554 Å². The van der Waals surface area contributed by atoms with E-state index in [1.807, 2.05) is 36.5 Å². The zero-order valence-corrected chi connectivity index (χ0v) is 56.5. The predicted octanol–water partition coefficient (Wildman–Crippen LogP) is 12.6. The summed E-state index contributed by atoms with van der Waals surface area (Å²) in [5.41, 5.74) is 0. The molecule has 0 bridgehead atoms. The first kappa shape index (κ1) is 82.9. The van der Waals surface area contributed by atoms with Gasteiger partial charge in [0, 0.05) is 59.8 Å². The van der Waals surface area contributed by atoms with Crippen LogP contribution in [0.15, 0.2) is 98.2 Å². The van der Waals surface area contributed by atoms with Crippen LogP contribution >= 0.6 is 34.8 Å². The Morgan fingerprint density at radius 1 is 0.522 bits per heavy atom. The third-order valence-corrected chi connectivity index (χ3v) is 18.3. The van der Waals surface area contributed by atoms with E-state index in [9.17, 15) is 55.2 Å². The summed E-state index contributed by atoms with van der Waals surface area (Å²) >= 11 is 19.6. The molecule has 0 spiro atoms. The summed E-state index contributed by atoms with van der Waals surface area (Å²) in [6, 6.07) is 0. The lowest BCUT2D eigenvalue weighted by Gasteiger charge is -2.29. The number of carbonyl (C=O) groups excluding carboxylic acids is 2. The largest absolute Gasteiger partial charge is 0.481 e. The second-order valence-corrected chi connectivity index (χ2v) is 26.6. The van der Waals surface area contributed by atoms with Crippen molar-refractivity contribution in [3.8, 4) is 0 Å². The molecule has 1 heterocycles. The van der Waals surface area contributed by atoms with E-state index in [2.05, 4.69) is 37.5 Å². The fourth-order valence-electron chi connectivity index (χ4n) is 11.7. The van der Waals surface area contributed by atoms with Crippen molar-refractivity contribution in [2.45, 2.75) is 271 Å². The van der Waals surface area contributed by atoms with Crippen molar-refractivity contribution in [1.82, 2.24) is 0 Å². The van der Waals surface area contributed by atoms with Crippen LogP contribution in [0, 0.1) is 35.5 Å². The molecule has 19 atom stereocenters. The number of hydrogen-bond acceptors (Lipinski definition) is 15. The topological polar surface area (TPSA) is 270 Å². The maximum Gasteiger partial charge on any atom is 0.306 e. The molecule has 9 N–H and O–H groups in total. The van der Waals surface area contributed by atoms with E-state index < -0.39 is 36.5 Å². The summed E-state index contributed by atoms with van der Waals surface area (Å²) in [5.74, 6) is -0.865. The van der Waals surface area contributed by atoms with E-state index in [-0.39, 0.29) is 114 Å². The van der Waals surface area contributed by atoms with E-state index in [0.717, 1.165) is 103 Å². The van der Waals surface area contributed by atoms with E-state index in [1.165, 1.54) is 0 Å². The maximum absolute atomic E-state index is 11.6. The van der Waals surface area contributed by atoms with Crippen molar-refractivity contribution in [3.05, 3.63) is 98.2 Å². The van der Waals surface area contributed by atoms with Crippen molar-refractivity contribution < 1.29 is 79.3 Å². The average molecular weight is 1330 g/mol. The molecule has 4 aliphatic rings. The summed E-state index contributed by atoms with van der Waals surface area (Å²) in [6.07, 6.45) is 41.3. The molecule has 0 aromatic rings. The minimum atomic E-state index is -0.782. The molecule has 19 heteroatoms. The Bertz CT molecular complexity index is 2110. The average Bonchev–Trinajstić information content (AvgIpc) is 1.94. The zero-order valence-electron chi connectivity index (χ0n) is 54.2. The number of alkyl halides is 3. The van der Waals surface area contributed by atoms with Crippen LogP contribution in [0.1, 0.15) is 194 Å². The summed E-state index contributed by atoms with van der Waals surface area (Å²) < 4.78 is 22.1. The molecule has 3 aliphatic carbocycles. The number of rotatable bonds is 42. The number of esters is 2. The number of allylic oxidation sites excluding steroid dienone is 6. The molecule has 516 valence electrons. The molecule has 1 unspecified atom stereocenters. The molecule has 4 rings (SSSR count). The van der Waals surface area contributed by atoms with Crippen molar-refractivity contribution in [2.75, 3.05) is 19.8 Å². The van der Waals surface area contributed by atoms with Gasteiger partial charge in [0.15, 0.2) is 6.29 Å². The van der Waals surface area contributed by atoms with E-state index in [1.54, 1.807) is 45.1 Å². The maximum atomic E-state index is 11.6. The first-order valence-electron chi connectivity index (χ1n) is 33.4. The van der Waals surface area contributed by atoms with Gasteiger partial charge < -0.3 is 64.9 Å². The van der Waals surface area contributed by atoms with Gasteiger partial charge in [-0.3, -0.25) is 14.4 Å². The Morgan fingerprint density at radius 3 is 1.27 bits per heavy atom. The number of carboxylic acids is 1. The van der Waals surface area contributed by atoms with Gasteiger partial charge in [-0.05, 0) is 193 Å². The fourth-order valence-corrected chi connectivity index (χ4v) is 13.1. The van der Waals surface area contributed by atoms with Crippen molar-refractivity contribution in [3.63, 3.8) is 0 Å². The molecule has 1 saturated heterocycles. The summed E-state index contributed by atoms with van der Waals surface area (Å²) in [4.78, 5) is 33.5. The molecule has 3 saturated carbocycles. The van der Waals surface area contributed by atoms with Crippen LogP contribution in [0.4, 0.5) is 0 Å². The monoisotopic (exact) mass is 1330 g/mol. The van der Waals surface area contributed by atoms with Crippen LogP contribution in [0.3, 0.4) is 0 Å². The van der Waals surface area contributed by atoms with Crippen LogP contribution < -0.4 is 0 Å². The van der Waals surface area contributed by atoms with Crippen LogP contribution in [0.25, 0.3) is 0 Å². The summed E-state index contributed by atoms with van der Waals surface area (Å²) in [5, 5.41) is 87.5. The van der Waals surface area contributed by atoms with Gasteiger partial charge in [-0.1, -0.05) is 98.2 Å². The van der Waals surface area contributed by atoms with E-state index in [4.69, 9.17) is 58.9 Å². The number of aliphatic hydroxyl groups is 8. The molecular formula is C71H115Cl3O16. The van der Waals surface area contributed by atoms with Gasteiger partial charge in [0.25, 0.3) is 0 Å². The SMILES string of the molecule is C=CCOC(=O)CCC/C=C\C[C@@H]1[C@@H](/C=C/[C@@H](O)CCC[C@@H](C)O)[C@H](O)C[C@H]1Cl.C=CCOC(=O)CCC/C=C\C[C@@H]1[C@@H](/C=C/[C@@H](O)CCC[C@@H](C)O)[C@H](OC2CCCCO2)C[C@H]1Cl.C[C@@H](O)CCC[C@H](O)/C=C/[C@@H]1[C@@H](C/C=C\CCCC(=O)O)[C@H](Cl)C[C@H]1O. The summed E-state index contributed by atoms with van der Waals surface area (Å²) in [7, 11) is 0. The quantitative estimate of drug-likeness (QED) is 0.0119. The van der Waals surface area contributed by atoms with Gasteiger partial charge in [0.1, 0.15) is 13.2 Å². The van der Waals surface area contributed by atoms with Gasteiger partial charge in [-0.15, -0.1) is 34.8 Å². The highest BCUT2D eigenvalue weighted by Crippen LogP contribution is 2.43. The van der Waals surface area contributed by atoms with Crippen LogP contribution in [0.5, 0.6) is 0 Å². The van der Waals surface area contributed by atoms with Crippen molar-refractivity contribution in [2.24, 2.45) is 35.5 Å². The number of ether oxygens (including phenoxy) is 4. The third kappa shape index (κ3) is 38.2. The molecule has 90 heavy (non-hydrogen) atoms. The van der Waals surface area contributed by atoms with Crippen molar-refractivity contribution >= 4 is 52.7 Å². The highest BCUT2D eigenvalue weighted by atomic mass is 35.5. The highest BCUT2D eigenvalue weighted by Gasteiger charge is 2.43. The number of carbonyl (C=O) groups is 3. The molecule has 4 fully saturated rings. The lowest BCUT2D eigenvalue weighted by atomic mass is 9.90. The van der Waals surface area contributed by atoms with E-state index >= 15 is 0 Å². The minimum Gasteiger partial charge on any atom is -0.481 e. The standard InChI is InChI=1S/C28H45ClO6.C23H37ClO5.C20H33ClO5/c1-3-18-33-27(32)14-7-5-4-6-13-23-24(17-16-22(31)12-10-11-21(2)30)26(20-25(23)29)35-28-15-8-9-19-34-28;1-3-15-29-23(28)12-7-5-4-6-11-19-20(22(27)16-21(19)24)14-13-18(26)10-8-9-17(2)25;1-14(22)7-6-8-15(23)11-12-17-16(18(21)13-19(17)24)9-4-2-3-5-10-20(25)26/h3-4,6,16-17,21-26,28,30-31H,1,5,7-15,18-20H2,2H3;3-4,6,13-14,17-22,25-27H,1,5,7-12,15-16H2,2H3;2,4,11-12,14-19,22-24H,3,5-10,13H2,1H3,(H,25,26)/b6-4-,17-16+;6-4-,14-13+;4-2-,12-11+/t21-,22+,23-,24-,25-,26-,28?;17-,18+,19-,20-,21-,22-;14-,15+,16-,17-,18-,19-/m111/s1. The second kappa shape index (κ2) is 50.3. The Hall–Kier alpha value is -3.20. The number of carboxylic acid groups (broad SMARTS) is 1. The minimum absolute atomic E-state index is 0.0239. The third-order valence-electron chi connectivity index (χ3n) is 16.8. The number of unbranched alkanes of at least 4 members (excludes halogenated alkanes) is 3. The van der Waals surface area contributed by atoms with E-state index in [0.29, 0.717) is 70.6 Å². The Balaban J connectivity index is 0.000000466. The Kier molecular flexibility index (Phi) is 46.3. The normalized spacial score (nSPS) is 28.2. The lowest BCUT2D eigenvalue weighted by Crippen LogP contribution is -2.30. The fraction of sp³-hybridized carbons (Fsp3) is 0.732. The lowest BCUT2D eigenvalue weighted by molar-refractivity contribution is -0.192. The Morgan fingerprint density at radius 2 is 0.900 bits per heavy atom. The second-order valence-electron chi connectivity index (χ2n) is 24.9. The molecule has 16 nitrogen and oxygen atoms in total. The molecule has 0 aromatic heterocycles. The first-order chi connectivity index (χ1) is 43.1. The van der Waals surface area contributed by atoms with Gasteiger partial charge in [0.2, 0.25) is 0 Å². The van der Waals surface area contributed by atoms with Crippen LogP contribution in [-0.4, -0.2) is 161 Å². The number of hydrogen-bond donors (Lipinski definition) is 9. The number of aliphatic carboxylic acids is 1.